The van der Waals surface area contributed by atoms with Crippen LogP contribution in [0.3, 0.4) is 0 Å². The second-order valence-corrected chi connectivity index (χ2v) is 5.42. The molecule has 2 unspecified atom stereocenters. The molecule has 2 saturated heterocycles. The quantitative estimate of drug-likeness (QED) is 0.789. The number of nitrogens with zero attached hydrogens (tertiary/aromatic N) is 1. The lowest BCUT2D eigenvalue weighted by molar-refractivity contribution is 0.00881. The van der Waals surface area contributed by atoms with Crippen LogP contribution in [0.5, 0.6) is 0 Å². The second kappa shape index (κ2) is 5.99. The molecule has 3 nitrogen and oxygen atoms in total. The van der Waals surface area contributed by atoms with Crippen molar-refractivity contribution in [1.29, 1.82) is 0 Å². The summed E-state index contributed by atoms with van der Waals surface area (Å²) in [6, 6.07) is 0.702. The topological polar surface area (TPSA) is 24.5 Å². The summed E-state index contributed by atoms with van der Waals surface area (Å²) in [5.41, 5.74) is 0. The molecule has 0 aromatic rings. The number of likely N-dealkylation sites (tertiary alicyclic amines) is 1. The maximum absolute atomic E-state index is 5.46. The van der Waals surface area contributed by atoms with Gasteiger partial charge in [0, 0.05) is 26.2 Å². The summed E-state index contributed by atoms with van der Waals surface area (Å²) in [6.07, 6.45) is 5.64. The summed E-state index contributed by atoms with van der Waals surface area (Å²) in [4.78, 5) is 2.67. The summed E-state index contributed by atoms with van der Waals surface area (Å²) in [5.74, 6) is 0.919. The minimum Gasteiger partial charge on any atom is -0.381 e. The van der Waals surface area contributed by atoms with E-state index in [0.29, 0.717) is 12.1 Å². The average molecular weight is 226 g/mol. The number of piperidine rings is 2. The number of hydrogen-bond acceptors (Lipinski definition) is 3. The third-order valence-corrected chi connectivity index (χ3v) is 4.25. The van der Waals surface area contributed by atoms with Gasteiger partial charge in [-0.2, -0.15) is 0 Å². The molecule has 3 heteroatoms. The third kappa shape index (κ3) is 3.19. The van der Waals surface area contributed by atoms with Crippen LogP contribution < -0.4 is 5.32 Å². The molecular formula is C13H26N2O. The second-order valence-electron chi connectivity index (χ2n) is 5.42. The standard InChI is InChI=1S/C13H26N2O/c1-11-9-13(16-2)5-8-15(11)10-12-3-6-14-7-4-12/h11-14H,3-10H2,1-2H3. The largest absolute Gasteiger partial charge is 0.381 e. The zero-order valence-corrected chi connectivity index (χ0v) is 10.7. The summed E-state index contributed by atoms with van der Waals surface area (Å²) < 4.78 is 5.46. The first-order valence-corrected chi connectivity index (χ1v) is 6.77. The maximum atomic E-state index is 5.46. The van der Waals surface area contributed by atoms with Crippen LogP contribution in [-0.4, -0.2) is 50.3 Å². The van der Waals surface area contributed by atoms with Gasteiger partial charge in [-0.05, 0) is 51.6 Å². The Balaban J connectivity index is 1.76. The highest BCUT2D eigenvalue weighted by Crippen LogP contribution is 2.22. The van der Waals surface area contributed by atoms with Crippen molar-refractivity contribution in [3.63, 3.8) is 0 Å². The van der Waals surface area contributed by atoms with Gasteiger partial charge in [0.1, 0.15) is 0 Å². The first-order chi connectivity index (χ1) is 7.79. The molecule has 0 aromatic carbocycles. The van der Waals surface area contributed by atoms with Crippen LogP contribution in [0.25, 0.3) is 0 Å². The fourth-order valence-corrected chi connectivity index (χ4v) is 3.06. The Bertz CT molecular complexity index is 204. The Morgan fingerprint density at radius 1 is 1.25 bits per heavy atom. The molecule has 1 N–H and O–H groups in total. The van der Waals surface area contributed by atoms with Crippen molar-refractivity contribution in [2.24, 2.45) is 5.92 Å². The predicted molar refractivity (Wildman–Crippen MR) is 66.7 cm³/mol. The Morgan fingerprint density at radius 3 is 2.62 bits per heavy atom. The summed E-state index contributed by atoms with van der Waals surface area (Å²) in [6.45, 7) is 7.32. The van der Waals surface area contributed by atoms with Crippen LogP contribution in [-0.2, 0) is 4.74 Å². The summed E-state index contributed by atoms with van der Waals surface area (Å²) in [7, 11) is 1.85. The van der Waals surface area contributed by atoms with Crippen LogP contribution in [0, 0.1) is 5.92 Å². The highest BCUT2D eigenvalue weighted by Gasteiger charge is 2.27. The van der Waals surface area contributed by atoms with E-state index in [1.807, 2.05) is 7.11 Å². The number of nitrogens with one attached hydrogen (secondary N) is 1. The Kier molecular flexibility index (Phi) is 4.62. The SMILES string of the molecule is COC1CCN(CC2CCNCC2)C(C)C1. The lowest BCUT2D eigenvalue weighted by atomic mass is 9.94. The molecule has 2 aliphatic rings. The molecule has 0 spiro atoms. The van der Waals surface area contributed by atoms with Crippen LogP contribution in [0.15, 0.2) is 0 Å². The van der Waals surface area contributed by atoms with Gasteiger partial charge in [0.15, 0.2) is 0 Å². The van der Waals surface area contributed by atoms with E-state index in [4.69, 9.17) is 4.74 Å². The van der Waals surface area contributed by atoms with Gasteiger partial charge in [-0.25, -0.2) is 0 Å². The van der Waals surface area contributed by atoms with E-state index in [0.717, 1.165) is 5.92 Å². The van der Waals surface area contributed by atoms with E-state index < -0.39 is 0 Å². The average Bonchev–Trinajstić information content (AvgIpc) is 2.33. The van der Waals surface area contributed by atoms with Crippen molar-refractivity contribution in [3.8, 4) is 0 Å². The van der Waals surface area contributed by atoms with E-state index in [-0.39, 0.29) is 0 Å². The van der Waals surface area contributed by atoms with Gasteiger partial charge >= 0.3 is 0 Å². The molecule has 2 rings (SSSR count). The summed E-state index contributed by atoms with van der Waals surface area (Å²) >= 11 is 0. The molecule has 0 aliphatic carbocycles. The zero-order chi connectivity index (χ0) is 11.4. The van der Waals surface area contributed by atoms with Crippen molar-refractivity contribution >= 4 is 0 Å². The van der Waals surface area contributed by atoms with Gasteiger partial charge in [0.05, 0.1) is 6.10 Å². The lowest BCUT2D eigenvalue weighted by Crippen LogP contribution is -2.46. The maximum Gasteiger partial charge on any atom is 0.0598 e. The smallest absolute Gasteiger partial charge is 0.0598 e. The molecule has 0 bridgehead atoms. The van der Waals surface area contributed by atoms with Gasteiger partial charge in [-0.3, -0.25) is 0 Å². The zero-order valence-electron chi connectivity index (χ0n) is 10.7. The lowest BCUT2D eigenvalue weighted by Gasteiger charge is -2.39. The molecule has 2 heterocycles. The number of rotatable bonds is 3. The van der Waals surface area contributed by atoms with Crippen LogP contribution in [0.1, 0.15) is 32.6 Å². The van der Waals surface area contributed by atoms with Gasteiger partial charge < -0.3 is 15.0 Å². The Labute approximate surface area is 99.5 Å². The van der Waals surface area contributed by atoms with Crippen molar-refractivity contribution in [2.75, 3.05) is 33.3 Å². The highest BCUT2D eigenvalue weighted by molar-refractivity contribution is 4.82. The van der Waals surface area contributed by atoms with Crippen molar-refractivity contribution < 1.29 is 4.74 Å². The predicted octanol–water partition coefficient (Wildman–Crippen LogP) is 1.49. The molecule has 94 valence electrons. The van der Waals surface area contributed by atoms with Crippen molar-refractivity contribution in [3.05, 3.63) is 0 Å². The monoisotopic (exact) mass is 226 g/mol. The first-order valence-electron chi connectivity index (χ1n) is 6.77. The van der Waals surface area contributed by atoms with E-state index in [9.17, 15) is 0 Å². The molecule has 2 aliphatic heterocycles. The molecule has 0 saturated carbocycles. The molecule has 2 fully saturated rings. The molecule has 0 aromatic heterocycles. The third-order valence-electron chi connectivity index (χ3n) is 4.25. The van der Waals surface area contributed by atoms with E-state index in [2.05, 4.69) is 17.1 Å². The van der Waals surface area contributed by atoms with Gasteiger partial charge in [0.2, 0.25) is 0 Å². The van der Waals surface area contributed by atoms with E-state index in [1.54, 1.807) is 0 Å². The Morgan fingerprint density at radius 2 is 2.00 bits per heavy atom. The van der Waals surface area contributed by atoms with Gasteiger partial charge in [-0.1, -0.05) is 0 Å². The summed E-state index contributed by atoms with van der Waals surface area (Å²) in [5, 5.41) is 3.44. The van der Waals surface area contributed by atoms with Crippen LogP contribution in [0.2, 0.25) is 0 Å². The number of ether oxygens (including phenoxy) is 1. The van der Waals surface area contributed by atoms with Crippen molar-refractivity contribution in [1.82, 2.24) is 10.2 Å². The number of methoxy groups -OCH3 is 1. The van der Waals surface area contributed by atoms with E-state index >= 15 is 0 Å². The Hall–Kier alpha value is -0.120. The van der Waals surface area contributed by atoms with Crippen LogP contribution >= 0.6 is 0 Å². The normalized spacial score (nSPS) is 34.1. The van der Waals surface area contributed by atoms with E-state index in [1.165, 1.54) is 51.9 Å². The van der Waals surface area contributed by atoms with Gasteiger partial charge in [0.25, 0.3) is 0 Å². The first kappa shape index (κ1) is 12.3. The molecule has 2 atom stereocenters. The minimum absolute atomic E-state index is 0.499. The van der Waals surface area contributed by atoms with Gasteiger partial charge in [-0.15, -0.1) is 0 Å². The van der Waals surface area contributed by atoms with Crippen LogP contribution in [0.4, 0.5) is 0 Å². The molecule has 16 heavy (non-hydrogen) atoms. The fourth-order valence-electron chi connectivity index (χ4n) is 3.06. The molecule has 0 amide bonds. The van der Waals surface area contributed by atoms with Crippen molar-refractivity contribution in [2.45, 2.75) is 44.8 Å². The molecule has 0 radical (unpaired) electrons. The fraction of sp³-hybridized carbons (Fsp3) is 1.00. The number of hydrogen-bond donors (Lipinski definition) is 1. The molecular weight excluding hydrogens is 200 g/mol. The minimum atomic E-state index is 0.499. The highest BCUT2D eigenvalue weighted by atomic mass is 16.5.